The monoisotopic (exact) mass is 146 g/mol. The maximum Gasteiger partial charge on any atom is 0.324 e. The van der Waals surface area contributed by atoms with Gasteiger partial charge in [0.25, 0.3) is 0 Å². The lowest BCUT2D eigenvalue weighted by molar-refractivity contribution is -0.150. The Labute approximate surface area is 60.7 Å². The standard InChI is InChI=1S/C6H14N2O2/c1-2-3-6(9)10-8-5-4-7/h8H,2-5,7H2,1H3. The fraction of sp³-hybridized carbons (Fsp3) is 0.833. The van der Waals surface area contributed by atoms with Crippen molar-refractivity contribution in [1.29, 1.82) is 0 Å². The van der Waals surface area contributed by atoms with E-state index in [0.29, 0.717) is 19.5 Å². The van der Waals surface area contributed by atoms with Crippen LogP contribution in [0.15, 0.2) is 0 Å². The summed E-state index contributed by atoms with van der Waals surface area (Å²) in [6.45, 7) is 2.90. The highest BCUT2D eigenvalue weighted by atomic mass is 16.7. The fourth-order valence-electron chi connectivity index (χ4n) is 0.446. The molecule has 0 spiro atoms. The number of carbonyl (C=O) groups is 1. The van der Waals surface area contributed by atoms with E-state index in [0.717, 1.165) is 6.42 Å². The van der Waals surface area contributed by atoms with Crippen LogP contribution in [0.5, 0.6) is 0 Å². The molecular weight excluding hydrogens is 132 g/mol. The minimum absolute atomic E-state index is 0.226. The molecule has 0 aliphatic rings. The van der Waals surface area contributed by atoms with Gasteiger partial charge in [0.2, 0.25) is 0 Å². The number of hydrogen-bond acceptors (Lipinski definition) is 4. The molecule has 3 N–H and O–H groups in total. The summed E-state index contributed by atoms with van der Waals surface area (Å²) >= 11 is 0. The van der Waals surface area contributed by atoms with Crippen molar-refractivity contribution in [3.63, 3.8) is 0 Å². The zero-order chi connectivity index (χ0) is 7.82. The molecule has 60 valence electrons. The highest BCUT2D eigenvalue weighted by Gasteiger charge is 1.97. The minimum atomic E-state index is -0.226. The summed E-state index contributed by atoms with van der Waals surface area (Å²) < 4.78 is 0. The Morgan fingerprint density at radius 3 is 2.90 bits per heavy atom. The van der Waals surface area contributed by atoms with Crippen LogP contribution in [0.3, 0.4) is 0 Å². The van der Waals surface area contributed by atoms with E-state index in [1.54, 1.807) is 0 Å². The van der Waals surface area contributed by atoms with Gasteiger partial charge in [0.05, 0.1) is 0 Å². The molecule has 4 heteroatoms. The number of carbonyl (C=O) groups excluding carboxylic acids is 1. The third kappa shape index (κ3) is 5.53. The quantitative estimate of drug-likeness (QED) is 0.416. The molecule has 0 bridgehead atoms. The first-order chi connectivity index (χ1) is 4.81. The van der Waals surface area contributed by atoms with Gasteiger partial charge in [-0.1, -0.05) is 6.92 Å². The van der Waals surface area contributed by atoms with E-state index in [1.165, 1.54) is 0 Å². The highest BCUT2D eigenvalue weighted by molar-refractivity contribution is 5.68. The van der Waals surface area contributed by atoms with Gasteiger partial charge in [-0.25, -0.2) is 0 Å². The Morgan fingerprint density at radius 1 is 1.70 bits per heavy atom. The third-order valence-electron chi connectivity index (χ3n) is 0.887. The van der Waals surface area contributed by atoms with Gasteiger partial charge < -0.3 is 10.6 Å². The number of nitrogens with one attached hydrogen (secondary N) is 1. The average molecular weight is 146 g/mol. The Balaban J connectivity index is 3.05. The molecule has 0 saturated heterocycles. The maximum absolute atomic E-state index is 10.6. The first-order valence-corrected chi connectivity index (χ1v) is 3.43. The zero-order valence-corrected chi connectivity index (χ0v) is 6.22. The van der Waals surface area contributed by atoms with Crippen LogP contribution in [0.2, 0.25) is 0 Å². The van der Waals surface area contributed by atoms with E-state index in [-0.39, 0.29) is 5.97 Å². The van der Waals surface area contributed by atoms with Gasteiger partial charge in [-0.2, -0.15) is 5.48 Å². The van der Waals surface area contributed by atoms with E-state index in [9.17, 15) is 4.79 Å². The topological polar surface area (TPSA) is 64.3 Å². The molecule has 10 heavy (non-hydrogen) atoms. The SMILES string of the molecule is CCCC(=O)ONCCN. The van der Waals surface area contributed by atoms with E-state index in [1.807, 2.05) is 6.92 Å². The molecule has 0 radical (unpaired) electrons. The Kier molecular flexibility index (Phi) is 6.11. The number of nitrogens with two attached hydrogens (primary N) is 1. The number of hydroxylamine groups is 1. The highest BCUT2D eigenvalue weighted by Crippen LogP contribution is 1.87. The lowest BCUT2D eigenvalue weighted by Gasteiger charge is -2.01. The molecule has 0 saturated carbocycles. The van der Waals surface area contributed by atoms with Gasteiger partial charge in [-0.3, -0.25) is 4.79 Å². The van der Waals surface area contributed by atoms with Gasteiger partial charge in [0.15, 0.2) is 0 Å². The van der Waals surface area contributed by atoms with Crippen molar-refractivity contribution in [2.75, 3.05) is 13.1 Å². The Bertz CT molecular complexity index is 95.7. The largest absolute Gasteiger partial charge is 0.371 e. The van der Waals surface area contributed by atoms with Gasteiger partial charge in [-0.15, -0.1) is 0 Å². The summed E-state index contributed by atoms with van der Waals surface area (Å²) in [5, 5.41) is 0. The van der Waals surface area contributed by atoms with E-state index in [4.69, 9.17) is 5.73 Å². The lowest BCUT2D eigenvalue weighted by atomic mass is 10.3. The van der Waals surface area contributed by atoms with Crippen LogP contribution in [-0.4, -0.2) is 19.1 Å². The lowest BCUT2D eigenvalue weighted by Crippen LogP contribution is -2.25. The van der Waals surface area contributed by atoms with Crippen molar-refractivity contribution in [2.45, 2.75) is 19.8 Å². The smallest absolute Gasteiger partial charge is 0.324 e. The molecule has 0 amide bonds. The molecule has 0 aromatic carbocycles. The van der Waals surface area contributed by atoms with Gasteiger partial charge >= 0.3 is 5.97 Å². The summed E-state index contributed by atoms with van der Waals surface area (Å²) in [6.07, 6.45) is 1.26. The summed E-state index contributed by atoms with van der Waals surface area (Å²) in [5.41, 5.74) is 7.58. The van der Waals surface area contributed by atoms with Crippen molar-refractivity contribution in [2.24, 2.45) is 5.73 Å². The summed E-state index contributed by atoms with van der Waals surface area (Å²) in [6, 6.07) is 0. The van der Waals surface area contributed by atoms with Crippen LogP contribution >= 0.6 is 0 Å². The summed E-state index contributed by atoms with van der Waals surface area (Å²) in [7, 11) is 0. The Hall–Kier alpha value is -0.610. The normalized spacial score (nSPS) is 9.40. The Morgan fingerprint density at radius 2 is 2.40 bits per heavy atom. The molecule has 0 rings (SSSR count). The van der Waals surface area contributed by atoms with Gasteiger partial charge in [0.1, 0.15) is 0 Å². The molecule has 0 unspecified atom stereocenters. The second-order valence-corrected chi connectivity index (χ2v) is 1.91. The van der Waals surface area contributed by atoms with E-state index in [2.05, 4.69) is 10.3 Å². The van der Waals surface area contributed by atoms with Crippen molar-refractivity contribution in [3.8, 4) is 0 Å². The maximum atomic E-state index is 10.6. The number of rotatable bonds is 5. The summed E-state index contributed by atoms with van der Waals surface area (Å²) in [5.74, 6) is -0.226. The predicted octanol–water partition coefficient (Wildman–Crippen LogP) is -0.207. The van der Waals surface area contributed by atoms with Crippen LogP contribution in [0.25, 0.3) is 0 Å². The van der Waals surface area contributed by atoms with Crippen LogP contribution in [0.1, 0.15) is 19.8 Å². The molecule has 4 nitrogen and oxygen atoms in total. The predicted molar refractivity (Wildman–Crippen MR) is 38.1 cm³/mol. The molecular formula is C6H14N2O2. The minimum Gasteiger partial charge on any atom is -0.371 e. The van der Waals surface area contributed by atoms with Crippen molar-refractivity contribution in [3.05, 3.63) is 0 Å². The second kappa shape index (κ2) is 6.51. The molecule has 0 fully saturated rings. The van der Waals surface area contributed by atoms with E-state index >= 15 is 0 Å². The van der Waals surface area contributed by atoms with Crippen LogP contribution in [-0.2, 0) is 9.63 Å². The fourth-order valence-corrected chi connectivity index (χ4v) is 0.446. The van der Waals surface area contributed by atoms with Crippen LogP contribution < -0.4 is 11.2 Å². The average Bonchev–Trinajstić information content (AvgIpc) is 1.89. The van der Waals surface area contributed by atoms with Gasteiger partial charge in [0, 0.05) is 19.5 Å². The molecule has 0 heterocycles. The van der Waals surface area contributed by atoms with Crippen molar-refractivity contribution >= 4 is 5.97 Å². The molecule has 0 aromatic heterocycles. The first-order valence-electron chi connectivity index (χ1n) is 3.43. The zero-order valence-electron chi connectivity index (χ0n) is 6.22. The molecule has 0 aliphatic heterocycles. The molecule has 0 aliphatic carbocycles. The second-order valence-electron chi connectivity index (χ2n) is 1.91. The summed E-state index contributed by atoms with van der Waals surface area (Å²) in [4.78, 5) is 15.1. The third-order valence-corrected chi connectivity index (χ3v) is 0.887. The van der Waals surface area contributed by atoms with E-state index < -0.39 is 0 Å². The van der Waals surface area contributed by atoms with Crippen LogP contribution in [0, 0.1) is 0 Å². The number of hydrogen-bond donors (Lipinski definition) is 2. The van der Waals surface area contributed by atoms with Crippen LogP contribution in [0.4, 0.5) is 0 Å². The molecule has 0 atom stereocenters. The van der Waals surface area contributed by atoms with Crippen molar-refractivity contribution < 1.29 is 9.63 Å². The van der Waals surface area contributed by atoms with Crippen molar-refractivity contribution in [1.82, 2.24) is 5.48 Å². The molecule has 0 aromatic rings. The van der Waals surface area contributed by atoms with Gasteiger partial charge in [-0.05, 0) is 6.42 Å². The first kappa shape index (κ1) is 9.39.